The van der Waals surface area contributed by atoms with Gasteiger partial charge in [-0.15, -0.1) is 0 Å². The Morgan fingerprint density at radius 3 is 2.24 bits per heavy atom. The van der Waals surface area contributed by atoms with Gasteiger partial charge in [0.1, 0.15) is 5.76 Å². The number of pyridine rings is 1. The number of carbonyl (C=O) groups excluding carboxylic acids is 2. The predicted molar refractivity (Wildman–Crippen MR) is 130 cm³/mol. The van der Waals surface area contributed by atoms with Crippen LogP contribution in [0.4, 0.5) is 5.69 Å². The van der Waals surface area contributed by atoms with Crippen molar-refractivity contribution in [3.8, 4) is 0 Å². The van der Waals surface area contributed by atoms with Gasteiger partial charge in [0.05, 0.1) is 11.6 Å². The Balaban J connectivity index is 1.96. The molecule has 0 radical (unpaired) electrons. The normalized spacial score (nSPS) is 18.1. The zero-order valence-electron chi connectivity index (χ0n) is 19.0. The summed E-state index contributed by atoms with van der Waals surface area (Å²) < 4.78 is 0. The molecule has 33 heavy (non-hydrogen) atoms. The molecular formula is C27H25ClN2O3. The van der Waals surface area contributed by atoms with E-state index in [1.165, 1.54) is 17.3 Å². The van der Waals surface area contributed by atoms with E-state index >= 15 is 0 Å². The zero-order chi connectivity index (χ0) is 23.9. The second-order valence-corrected chi connectivity index (χ2v) is 9.64. The number of hydrogen-bond acceptors (Lipinski definition) is 4. The molecule has 1 aliphatic heterocycles. The van der Waals surface area contributed by atoms with Crippen molar-refractivity contribution in [2.75, 3.05) is 4.90 Å². The highest BCUT2D eigenvalue weighted by Gasteiger charge is 2.47. The van der Waals surface area contributed by atoms with Crippen molar-refractivity contribution in [2.24, 2.45) is 0 Å². The number of anilines is 1. The SMILES string of the molecule is Cc1ccc(Cl)cc1N1C(=O)C(=O)/C(=C(/O)c2ccncc2)C1c1ccc(C(C)(C)C)cc1. The molecule has 6 heteroatoms. The first-order valence-electron chi connectivity index (χ1n) is 10.7. The lowest BCUT2D eigenvalue weighted by molar-refractivity contribution is -0.132. The Morgan fingerprint density at radius 2 is 1.64 bits per heavy atom. The molecule has 1 N–H and O–H groups in total. The molecule has 1 fully saturated rings. The van der Waals surface area contributed by atoms with Gasteiger partial charge < -0.3 is 5.11 Å². The molecule has 1 unspecified atom stereocenters. The van der Waals surface area contributed by atoms with Crippen molar-refractivity contribution in [3.63, 3.8) is 0 Å². The van der Waals surface area contributed by atoms with Crippen LogP contribution in [0.3, 0.4) is 0 Å². The van der Waals surface area contributed by atoms with Crippen LogP contribution in [0.1, 0.15) is 49.1 Å². The Bertz CT molecular complexity index is 1260. The maximum absolute atomic E-state index is 13.3. The van der Waals surface area contributed by atoms with E-state index in [2.05, 4.69) is 25.8 Å². The number of halogens is 1. The van der Waals surface area contributed by atoms with E-state index in [0.717, 1.165) is 16.7 Å². The molecule has 1 aromatic heterocycles. The topological polar surface area (TPSA) is 70.5 Å². The van der Waals surface area contributed by atoms with Crippen LogP contribution >= 0.6 is 11.6 Å². The number of nitrogens with zero attached hydrogens (tertiary/aromatic N) is 2. The van der Waals surface area contributed by atoms with Crippen molar-refractivity contribution >= 4 is 34.7 Å². The predicted octanol–water partition coefficient (Wildman–Crippen LogP) is 5.97. The average Bonchev–Trinajstić information content (AvgIpc) is 3.05. The average molecular weight is 461 g/mol. The summed E-state index contributed by atoms with van der Waals surface area (Å²) in [4.78, 5) is 32.0. The summed E-state index contributed by atoms with van der Waals surface area (Å²) in [5.41, 5.74) is 3.57. The molecule has 2 aromatic carbocycles. The number of aryl methyl sites for hydroxylation is 1. The van der Waals surface area contributed by atoms with E-state index in [4.69, 9.17) is 11.6 Å². The van der Waals surface area contributed by atoms with Gasteiger partial charge in [-0.2, -0.15) is 0 Å². The first-order valence-corrected chi connectivity index (χ1v) is 11.1. The fourth-order valence-corrected chi connectivity index (χ4v) is 4.24. The Kier molecular flexibility index (Phi) is 5.85. The lowest BCUT2D eigenvalue weighted by Crippen LogP contribution is -2.30. The molecule has 4 rings (SSSR count). The summed E-state index contributed by atoms with van der Waals surface area (Å²) >= 11 is 6.25. The molecule has 168 valence electrons. The van der Waals surface area contributed by atoms with Crippen LogP contribution in [-0.2, 0) is 15.0 Å². The number of carbonyl (C=O) groups is 2. The standard InChI is InChI=1S/C27H25ClN2O3/c1-16-5-10-20(28)15-21(16)30-23(17-6-8-19(9-7-17)27(2,3)4)22(25(32)26(30)33)24(31)18-11-13-29-14-12-18/h5-15,23,31H,1-4H3/b24-22+. The van der Waals surface area contributed by atoms with Crippen LogP contribution in [0.2, 0.25) is 5.02 Å². The van der Waals surface area contributed by atoms with E-state index in [1.54, 1.807) is 30.3 Å². The van der Waals surface area contributed by atoms with Gasteiger partial charge in [0.15, 0.2) is 0 Å². The van der Waals surface area contributed by atoms with E-state index in [1.807, 2.05) is 31.2 Å². The van der Waals surface area contributed by atoms with Crippen molar-refractivity contribution in [1.82, 2.24) is 4.98 Å². The lowest BCUT2D eigenvalue weighted by atomic mass is 9.85. The zero-order valence-corrected chi connectivity index (χ0v) is 19.7. The monoisotopic (exact) mass is 460 g/mol. The highest BCUT2D eigenvalue weighted by molar-refractivity contribution is 6.52. The number of benzene rings is 2. The van der Waals surface area contributed by atoms with Gasteiger partial charge in [-0.1, -0.05) is 62.7 Å². The molecule has 1 saturated heterocycles. The number of aliphatic hydroxyl groups is 1. The van der Waals surface area contributed by atoms with Crippen LogP contribution in [-0.4, -0.2) is 21.8 Å². The first kappa shape index (κ1) is 22.7. The second kappa shape index (κ2) is 8.49. The molecule has 0 bridgehead atoms. The van der Waals surface area contributed by atoms with Gasteiger partial charge >= 0.3 is 0 Å². The van der Waals surface area contributed by atoms with Crippen molar-refractivity contribution < 1.29 is 14.7 Å². The molecule has 5 nitrogen and oxygen atoms in total. The quantitative estimate of drug-likeness (QED) is 0.297. The molecular weight excluding hydrogens is 436 g/mol. The molecule has 0 saturated carbocycles. The number of ketones is 1. The van der Waals surface area contributed by atoms with Gasteiger partial charge in [0, 0.05) is 28.7 Å². The molecule has 0 aliphatic carbocycles. The second-order valence-electron chi connectivity index (χ2n) is 9.21. The third-order valence-corrected chi connectivity index (χ3v) is 6.16. The Hall–Kier alpha value is -3.44. The molecule has 3 aromatic rings. The summed E-state index contributed by atoms with van der Waals surface area (Å²) in [5.74, 6) is -1.68. The van der Waals surface area contributed by atoms with Gasteiger partial charge in [0.25, 0.3) is 11.7 Å². The number of amides is 1. The minimum absolute atomic E-state index is 0.0362. The Morgan fingerprint density at radius 1 is 1.00 bits per heavy atom. The van der Waals surface area contributed by atoms with Gasteiger partial charge in [-0.25, -0.2) is 0 Å². The molecule has 0 spiro atoms. The van der Waals surface area contributed by atoms with Crippen LogP contribution < -0.4 is 4.90 Å². The van der Waals surface area contributed by atoms with Crippen LogP contribution in [0.5, 0.6) is 0 Å². The molecule has 1 aliphatic rings. The van der Waals surface area contributed by atoms with Crippen LogP contribution in [0.15, 0.2) is 72.6 Å². The van der Waals surface area contributed by atoms with E-state index in [-0.39, 0.29) is 16.7 Å². The summed E-state index contributed by atoms with van der Waals surface area (Å²) in [6.07, 6.45) is 3.05. The highest BCUT2D eigenvalue weighted by atomic mass is 35.5. The first-order chi connectivity index (χ1) is 15.6. The number of aromatic nitrogens is 1. The van der Waals surface area contributed by atoms with Crippen LogP contribution in [0.25, 0.3) is 5.76 Å². The van der Waals surface area contributed by atoms with E-state index < -0.39 is 17.7 Å². The number of rotatable bonds is 3. The minimum atomic E-state index is -0.802. The van der Waals surface area contributed by atoms with Gasteiger partial charge in [0.2, 0.25) is 0 Å². The number of Topliss-reactive ketones (excluding diaryl/α,β-unsaturated/α-hetero) is 1. The maximum atomic E-state index is 13.3. The smallest absolute Gasteiger partial charge is 0.300 e. The van der Waals surface area contributed by atoms with E-state index in [9.17, 15) is 14.7 Å². The van der Waals surface area contributed by atoms with Crippen molar-refractivity contribution in [2.45, 2.75) is 39.2 Å². The number of hydrogen-bond donors (Lipinski definition) is 1. The Labute approximate surface area is 198 Å². The lowest BCUT2D eigenvalue weighted by Gasteiger charge is -2.28. The minimum Gasteiger partial charge on any atom is -0.507 e. The summed E-state index contributed by atoms with van der Waals surface area (Å²) in [6, 6.07) is 15.4. The van der Waals surface area contributed by atoms with E-state index in [0.29, 0.717) is 16.3 Å². The number of aliphatic hydroxyl groups excluding tert-OH is 1. The molecule has 1 atom stereocenters. The summed E-state index contributed by atoms with van der Waals surface area (Å²) in [5, 5.41) is 11.6. The molecule has 1 amide bonds. The highest BCUT2D eigenvalue weighted by Crippen LogP contribution is 2.44. The largest absolute Gasteiger partial charge is 0.507 e. The van der Waals surface area contributed by atoms with Crippen molar-refractivity contribution in [3.05, 3.63) is 99.8 Å². The summed E-state index contributed by atoms with van der Waals surface area (Å²) in [6.45, 7) is 8.21. The molecule has 2 heterocycles. The summed E-state index contributed by atoms with van der Waals surface area (Å²) in [7, 11) is 0. The van der Waals surface area contributed by atoms with Crippen molar-refractivity contribution in [1.29, 1.82) is 0 Å². The fourth-order valence-electron chi connectivity index (χ4n) is 4.07. The third kappa shape index (κ3) is 4.16. The third-order valence-electron chi connectivity index (χ3n) is 5.92. The fraction of sp³-hybridized carbons (Fsp3) is 0.222. The van der Waals surface area contributed by atoms with Gasteiger partial charge in [-0.05, 0) is 53.3 Å². The maximum Gasteiger partial charge on any atom is 0.300 e. The van der Waals surface area contributed by atoms with Crippen LogP contribution in [0, 0.1) is 6.92 Å². The van der Waals surface area contributed by atoms with Gasteiger partial charge in [-0.3, -0.25) is 19.5 Å².